The molecule has 0 amide bonds. The number of halogens is 1. The third kappa shape index (κ3) is 5.75. The molecule has 0 radical (unpaired) electrons. The summed E-state index contributed by atoms with van der Waals surface area (Å²) in [6.45, 7) is 3.75. The average molecular weight is 465 g/mol. The van der Waals surface area contributed by atoms with Gasteiger partial charge >= 0.3 is 0 Å². The molecule has 0 spiro atoms. The van der Waals surface area contributed by atoms with Crippen LogP contribution >= 0.6 is 11.6 Å². The van der Waals surface area contributed by atoms with Crippen molar-refractivity contribution in [3.8, 4) is 0 Å². The highest BCUT2D eigenvalue weighted by molar-refractivity contribution is 7.92. The molecule has 0 fully saturated rings. The fourth-order valence-corrected chi connectivity index (χ4v) is 5.31. The first kappa shape index (κ1) is 22.1. The monoisotopic (exact) mass is 464 g/mol. The van der Waals surface area contributed by atoms with Crippen molar-refractivity contribution in [1.82, 2.24) is 0 Å². The highest BCUT2D eigenvalue weighted by atomic mass is 35.5. The van der Waals surface area contributed by atoms with Crippen LogP contribution < -0.4 is 9.44 Å². The maximum atomic E-state index is 12.6. The summed E-state index contributed by atoms with van der Waals surface area (Å²) < 4.78 is 55.0. The van der Waals surface area contributed by atoms with Crippen LogP contribution in [0.2, 0.25) is 5.02 Å². The molecule has 3 rings (SSSR count). The Bertz CT molecular complexity index is 1260. The third-order valence-corrected chi connectivity index (χ3v) is 7.23. The van der Waals surface area contributed by atoms with Gasteiger partial charge in [-0.2, -0.15) is 0 Å². The van der Waals surface area contributed by atoms with Crippen LogP contribution in [0, 0.1) is 13.8 Å². The van der Waals surface area contributed by atoms with E-state index in [1.54, 1.807) is 30.3 Å². The Morgan fingerprint density at radius 1 is 0.800 bits per heavy atom. The second-order valence-electron chi connectivity index (χ2n) is 6.94. The van der Waals surface area contributed by atoms with Crippen molar-refractivity contribution in [2.45, 2.75) is 24.5 Å². The van der Waals surface area contributed by atoms with E-state index in [0.717, 1.165) is 11.1 Å². The van der Waals surface area contributed by atoms with Gasteiger partial charge < -0.3 is 0 Å². The van der Waals surface area contributed by atoms with E-state index in [-0.39, 0.29) is 16.3 Å². The molecule has 0 bridgehead atoms. The standard InChI is InChI=1S/C21H21ClN2O4S2/c1-15-3-12-21(16(2)13-15)24-30(27,28)20-10-8-19(9-11-20)23-29(25,26)14-17-4-6-18(22)7-5-17/h3-13,23-24H,14H2,1-2H3. The molecule has 0 saturated carbocycles. The zero-order valence-electron chi connectivity index (χ0n) is 16.4. The molecule has 0 heterocycles. The second-order valence-corrected chi connectivity index (χ2v) is 10.8. The predicted molar refractivity (Wildman–Crippen MR) is 121 cm³/mol. The van der Waals surface area contributed by atoms with Gasteiger partial charge in [0.25, 0.3) is 10.0 Å². The molecule has 6 nitrogen and oxygen atoms in total. The van der Waals surface area contributed by atoms with Crippen molar-refractivity contribution < 1.29 is 16.8 Å². The van der Waals surface area contributed by atoms with E-state index in [2.05, 4.69) is 9.44 Å². The third-order valence-electron chi connectivity index (χ3n) is 4.33. The maximum absolute atomic E-state index is 12.6. The van der Waals surface area contributed by atoms with Crippen molar-refractivity contribution in [3.05, 3.63) is 88.4 Å². The summed E-state index contributed by atoms with van der Waals surface area (Å²) in [7, 11) is -7.47. The van der Waals surface area contributed by atoms with Crippen LogP contribution in [0.3, 0.4) is 0 Å². The first-order valence-electron chi connectivity index (χ1n) is 8.99. The van der Waals surface area contributed by atoms with Gasteiger partial charge in [0.15, 0.2) is 0 Å². The van der Waals surface area contributed by atoms with Gasteiger partial charge in [0.2, 0.25) is 10.0 Å². The fourth-order valence-electron chi connectivity index (χ4n) is 2.85. The van der Waals surface area contributed by atoms with E-state index in [9.17, 15) is 16.8 Å². The Morgan fingerprint density at radius 3 is 2.03 bits per heavy atom. The van der Waals surface area contributed by atoms with E-state index in [1.165, 1.54) is 24.3 Å². The molecule has 158 valence electrons. The van der Waals surface area contributed by atoms with Gasteiger partial charge in [0.1, 0.15) is 0 Å². The lowest BCUT2D eigenvalue weighted by molar-refractivity contribution is 0.599. The summed E-state index contributed by atoms with van der Waals surface area (Å²) in [5, 5.41) is 0.523. The van der Waals surface area contributed by atoms with Crippen molar-refractivity contribution in [1.29, 1.82) is 0 Å². The maximum Gasteiger partial charge on any atom is 0.261 e. The number of anilines is 2. The molecule has 30 heavy (non-hydrogen) atoms. The van der Waals surface area contributed by atoms with Crippen LogP contribution in [-0.2, 0) is 25.8 Å². The van der Waals surface area contributed by atoms with Crippen molar-refractivity contribution in [2.24, 2.45) is 0 Å². The molecule has 0 unspecified atom stereocenters. The molecule has 0 aliphatic carbocycles. The van der Waals surface area contributed by atoms with Gasteiger partial charge in [0.05, 0.1) is 16.3 Å². The lowest BCUT2D eigenvalue weighted by atomic mass is 10.1. The highest BCUT2D eigenvalue weighted by Gasteiger charge is 2.17. The van der Waals surface area contributed by atoms with Gasteiger partial charge in [-0.25, -0.2) is 16.8 Å². The predicted octanol–water partition coefficient (Wildman–Crippen LogP) is 4.70. The first-order chi connectivity index (χ1) is 14.0. The molecule has 0 aliphatic heterocycles. The highest BCUT2D eigenvalue weighted by Crippen LogP contribution is 2.22. The minimum absolute atomic E-state index is 0.0307. The average Bonchev–Trinajstić information content (AvgIpc) is 2.66. The van der Waals surface area contributed by atoms with Gasteiger partial charge in [-0.15, -0.1) is 0 Å². The number of sulfonamides is 2. The fraction of sp³-hybridized carbons (Fsp3) is 0.143. The quantitative estimate of drug-likeness (QED) is 0.530. The normalized spacial score (nSPS) is 11.8. The van der Waals surface area contributed by atoms with E-state index >= 15 is 0 Å². The molecular formula is C21H21ClN2O4S2. The Morgan fingerprint density at radius 2 is 1.43 bits per heavy atom. The minimum Gasteiger partial charge on any atom is -0.283 e. The molecule has 3 aromatic rings. The number of benzene rings is 3. The molecule has 3 aromatic carbocycles. The zero-order chi connectivity index (χ0) is 21.9. The Balaban J connectivity index is 1.72. The number of rotatable bonds is 7. The first-order valence-corrected chi connectivity index (χ1v) is 12.5. The van der Waals surface area contributed by atoms with Gasteiger partial charge in [0, 0.05) is 10.7 Å². The van der Waals surface area contributed by atoms with Crippen LogP contribution in [0.15, 0.2) is 71.6 Å². The minimum atomic E-state index is -3.80. The molecule has 0 aliphatic rings. The van der Waals surface area contributed by atoms with Gasteiger partial charge in [-0.3, -0.25) is 9.44 Å². The molecule has 0 saturated heterocycles. The Hall–Kier alpha value is -2.55. The molecule has 2 N–H and O–H groups in total. The van der Waals surface area contributed by atoms with Crippen LogP contribution in [0.4, 0.5) is 11.4 Å². The number of hydrogen-bond acceptors (Lipinski definition) is 4. The van der Waals surface area contributed by atoms with E-state index in [1.807, 2.05) is 26.0 Å². The van der Waals surface area contributed by atoms with Crippen molar-refractivity contribution in [3.63, 3.8) is 0 Å². The Kier molecular flexibility index (Phi) is 6.40. The molecule has 0 aromatic heterocycles. The summed E-state index contributed by atoms with van der Waals surface area (Å²) in [5.41, 5.74) is 3.20. The largest absolute Gasteiger partial charge is 0.283 e. The topological polar surface area (TPSA) is 92.3 Å². The summed E-state index contributed by atoms with van der Waals surface area (Å²) in [6.07, 6.45) is 0. The smallest absolute Gasteiger partial charge is 0.261 e. The van der Waals surface area contributed by atoms with Crippen LogP contribution in [0.5, 0.6) is 0 Å². The number of nitrogens with one attached hydrogen (secondary N) is 2. The van der Waals surface area contributed by atoms with Crippen molar-refractivity contribution in [2.75, 3.05) is 9.44 Å². The van der Waals surface area contributed by atoms with Crippen LogP contribution in [0.25, 0.3) is 0 Å². The molecule has 9 heteroatoms. The van der Waals surface area contributed by atoms with Crippen LogP contribution in [-0.4, -0.2) is 16.8 Å². The Labute approximate surface area is 182 Å². The SMILES string of the molecule is Cc1ccc(NS(=O)(=O)c2ccc(NS(=O)(=O)Cc3ccc(Cl)cc3)cc2)c(C)c1. The zero-order valence-corrected chi connectivity index (χ0v) is 18.8. The van der Waals surface area contributed by atoms with E-state index in [4.69, 9.17) is 11.6 Å². The number of hydrogen-bond donors (Lipinski definition) is 2. The van der Waals surface area contributed by atoms with Gasteiger partial charge in [-0.1, -0.05) is 41.4 Å². The second kappa shape index (κ2) is 8.67. The van der Waals surface area contributed by atoms with Crippen molar-refractivity contribution >= 4 is 43.0 Å². The lowest BCUT2D eigenvalue weighted by Crippen LogP contribution is -2.16. The van der Waals surface area contributed by atoms with E-state index < -0.39 is 20.0 Å². The summed E-state index contributed by atoms with van der Waals surface area (Å²) in [6, 6.07) is 17.5. The molecular weight excluding hydrogens is 444 g/mol. The van der Waals surface area contributed by atoms with Gasteiger partial charge in [-0.05, 0) is 67.4 Å². The summed E-state index contributed by atoms with van der Waals surface area (Å²) in [5.74, 6) is -0.224. The summed E-state index contributed by atoms with van der Waals surface area (Å²) >= 11 is 5.81. The number of aryl methyl sites for hydroxylation is 2. The molecule has 0 atom stereocenters. The van der Waals surface area contributed by atoms with E-state index in [0.29, 0.717) is 16.3 Å². The van der Waals surface area contributed by atoms with Crippen LogP contribution in [0.1, 0.15) is 16.7 Å². The lowest BCUT2D eigenvalue weighted by Gasteiger charge is -2.12. The summed E-state index contributed by atoms with van der Waals surface area (Å²) in [4.78, 5) is 0.0307.